The summed E-state index contributed by atoms with van der Waals surface area (Å²) in [4.78, 5) is 10.9. The molecule has 6 nitrogen and oxygen atoms in total. The van der Waals surface area contributed by atoms with Crippen molar-refractivity contribution in [2.75, 3.05) is 12.4 Å². The summed E-state index contributed by atoms with van der Waals surface area (Å²) in [6, 6.07) is 3.58. The third-order valence-corrected chi connectivity index (χ3v) is 2.95. The van der Waals surface area contributed by atoms with Gasteiger partial charge in [0.05, 0.1) is 12.8 Å². The molecule has 1 rings (SSSR count). The minimum absolute atomic E-state index is 0.149. The Morgan fingerprint density at radius 3 is 2.35 bits per heavy atom. The minimum Gasteiger partial charge on any atom is -0.497 e. The number of hydrogen-bond acceptors (Lipinski definition) is 5. The Morgan fingerprint density at radius 2 is 1.90 bits per heavy atom. The zero-order chi connectivity index (χ0) is 15.6. The number of rotatable bonds is 3. The number of anilines is 1. The van der Waals surface area contributed by atoms with Crippen molar-refractivity contribution >= 4 is 22.0 Å². The Labute approximate surface area is 117 Å². The molecule has 112 valence electrons. The highest BCUT2D eigenvalue weighted by atomic mass is 32.3. The standard InChI is InChI=1S/C12H16FNO5S/c1-12(2,3)19-11(15)14-9-6-5-8(18-4)7-10(9)20(13,16)17/h5-7H,1-4H3,(H,14,15). The van der Waals surface area contributed by atoms with Crippen molar-refractivity contribution in [1.29, 1.82) is 0 Å². The molecule has 0 aliphatic heterocycles. The average molecular weight is 305 g/mol. The Morgan fingerprint density at radius 1 is 1.30 bits per heavy atom. The zero-order valence-corrected chi connectivity index (χ0v) is 12.4. The number of halogens is 1. The van der Waals surface area contributed by atoms with E-state index in [2.05, 4.69) is 5.32 Å². The largest absolute Gasteiger partial charge is 0.497 e. The Balaban J connectivity index is 3.10. The molecular formula is C12H16FNO5S. The van der Waals surface area contributed by atoms with Crippen LogP contribution in [0.15, 0.2) is 23.1 Å². The summed E-state index contributed by atoms with van der Waals surface area (Å²) >= 11 is 0. The predicted molar refractivity (Wildman–Crippen MR) is 71.1 cm³/mol. The summed E-state index contributed by atoms with van der Waals surface area (Å²) in [5, 5.41) is 2.19. The number of benzene rings is 1. The summed E-state index contributed by atoms with van der Waals surface area (Å²) in [6.07, 6.45) is -0.882. The Hall–Kier alpha value is -1.83. The molecule has 0 unspecified atom stereocenters. The highest BCUT2D eigenvalue weighted by Crippen LogP contribution is 2.28. The summed E-state index contributed by atoms with van der Waals surface area (Å²) < 4.78 is 45.1. The van der Waals surface area contributed by atoms with Gasteiger partial charge in [0.2, 0.25) is 0 Å². The SMILES string of the molecule is COc1ccc(NC(=O)OC(C)(C)C)c(S(=O)(=O)F)c1. The van der Waals surface area contributed by atoms with Gasteiger partial charge >= 0.3 is 16.3 Å². The van der Waals surface area contributed by atoms with E-state index in [4.69, 9.17) is 9.47 Å². The molecule has 0 aliphatic rings. The third-order valence-electron chi connectivity index (χ3n) is 2.09. The Bertz CT molecular complexity index is 607. The van der Waals surface area contributed by atoms with E-state index in [1.165, 1.54) is 19.2 Å². The molecule has 0 atom stereocenters. The van der Waals surface area contributed by atoms with Crippen LogP contribution in [0.3, 0.4) is 0 Å². The molecule has 1 N–H and O–H groups in total. The van der Waals surface area contributed by atoms with Gasteiger partial charge in [0.15, 0.2) is 0 Å². The summed E-state index contributed by atoms with van der Waals surface area (Å²) in [6.45, 7) is 4.94. The van der Waals surface area contributed by atoms with Gasteiger partial charge in [0.25, 0.3) is 0 Å². The van der Waals surface area contributed by atoms with E-state index in [1.54, 1.807) is 20.8 Å². The van der Waals surface area contributed by atoms with Gasteiger partial charge in [-0.3, -0.25) is 5.32 Å². The monoisotopic (exact) mass is 305 g/mol. The average Bonchev–Trinajstić information content (AvgIpc) is 2.25. The summed E-state index contributed by atoms with van der Waals surface area (Å²) in [5.41, 5.74) is -0.978. The van der Waals surface area contributed by atoms with Crippen LogP contribution in [0.25, 0.3) is 0 Å². The highest BCUT2D eigenvalue weighted by Gasteiger charge is 2.22. The smallest absolute Gasteiger partial charge is 0.412 e. The maximum atomic E-state index is 13.2. The van der Waals surface area contributed by atoms with Gasteiger partial charge in [-0.2, -0.15) is 8.42 Å². The maximum absolute atomic E-state index is 13.2. The summed E-state index contributed by atoms with van der Waals surface area (Å²) in [7, 11) is -3.70. The number of hydrogen-bond donors (Lipinski definition) is 1. The van der Waals surface area contributed by atoms with Crippen LogP contribution >= 0.6 is 0 Å². The van der Waals surface area contributed by atoms with E-state index >= 15 is 0 Å². The molecule has 8 heteroatoms. The molecule has 20 heavy (non-hydrogen) atoms. The van der Waals surface area contributed by atoms with E-state index in [9.17, 15) is 17.1 Å². The number of carbonyl (C=O) groups excluding carboxylic acids is 1. The van der Waals surface area contributed by atoms with Crippen molar-refractivity contribution in [2.45, 2.75) is 31.3 Å². The van der Waals surface area contributed by atoms with E-state index in [1.807, 2.05) is 0 Å². The Kier molecular flexibility index (Phi) is 4.59. The lowest BCUT2D eigenvalue weighted by atomic mass is 10.2. The maximum Gasteiger partial charge on any atom is 0.412 e. The van der Waals surface area contributed by atoms with E-state index in [0.29, 0.717) is 0 Å². The van der Waals surface area contributed by atoms with Gasteiger partial charge in [-0.25, -0.2) is 4.79 Å². The molecule has 0 radical (unpaired) electrons. The molecule has 0 saturated heterocycles. The quantitative estimate of drug-likeness (QED) is 0.868. The van der Waals surface area contributed by atoms with Gasteiger partial charge in [0.1, 0.15) is 16.2 Å². The van der Waals surface area contributed by atoms with Crippen molar-refractivity contribution in [2.24, 2.45) is 0 Å². The fourth-order valence-corrected chi connectivity index (χ4v) is 1.99. The topological polar surface area (TPSA) is 81.7 Å². The van der Waals surface area contributed by atoms with Gasteiger partial charge in [0, 0.05) is 6.07 Å². The van der Waals surface area contributed by atoms with Crippen molar-refractivity contribution in [3.05, 3.63) is 18.2 Å². The zero-order valence-electron chi connectivity index (χ0n) is 11.6. The molecule has 0 aliphatic carbocycles. The predicted octanol–water partition coefficient (Wildman–Crippen LogP) is 2.70. The van der Waals surface area contributed by atoms with Gasteiger partial charge in [-0.15, -0.1) is 3.89 Å². The van der Waals surface area contributed by atoms with E-state index in [-0.39, 0.29) is 11.4 Å². The van der Waals surface area contributed by atoms with E-state index < -0.39 is 26.8 Å². The molecule has 1 aromatic carbocycles. The molecule has 0 saturated carbocycles. The lowest BCUT2D eigenvalue weighted by molar-refractivity contribution is 0.0635. The van der Waals surface area contributed by atoms with Crippen molar-refractivity contribution in [1.82, 2.24) is 0 Å². The molecule has 0 heterocycles. The van der Waals surface area contributed by atoms with Crippen LogP contribution < -0.4 is 10.1 Å². The second-order valence-corrected chi connectivity index (χ2v) is 6.24. The lowest BCUT2D eigenvalue weighted by Crippen LogP contribution is -2.27. The first-order chi connectivity index (χ1) is 9.03. The van der Waals surface area contributed by atoms with Crippen LogP contribution in [0.1, 0.15) is 20.8 Å². The number of nitrogens with one attached hydrogen (secondary N) is 1. The molecule has 0 bridgehead atoms. The summed E-state index contributed by atoms with van der Waals surface area (Å²) in [5.74, 6) is 0.149. The van der Waals surface area contributed by atoms with Crippen molar-refractivity contribution in [3.63, 3.8) is 0 Å². The van der Waals surface area contributed by atoms with Gasteiger partial charge in [-0.1, -0.05) is 0 Å². The number of amides is 1. The van der Waals surface area contributed by atoms with E-state index in [0.717, 1.165) is 6.07 Å². The number of ether oxygens (including phenoxy) is 2. The molecule has 0 spiro atoms. The number of carbonyl (C=O) groups is 1. The molecular weight excluding hydrogens is 289 g/mol. The fraction of sp³-hybridized carbons (Fsp3) is 0.417. The minimum atomic E-state index is -5.01. The first-order valence-electron chi connectivity index (χ1n) is 5.65. The second-order valence-electron chi connectivity index (χ2n) is 4.93. The first kappa shape index (κ1) is 16.2. The normalized spacial score (nSPS) is 11.8. The van der Waals surface area contributed by atoms with Gasteiger partial charge in [-0.05, 0) is 32.9 Å². The third kappa shape index (κ3) is 4.69. The molecule has 0 fully saturated rings. The van der Waals surface area contributed by atoms with Crippen molar-refractivity contribution in [3.8, 4) is 5.75 Å². The van der Waals surface area contributed by atoms with Crippen LogP contribution in [-0.2, 0) is 15.0 Å². The first-order valence-corrected chi connectivity index (χ1v) is 7.04. The fourth-order valence-electron chi connectivity index (χ4n) is 1.35. The molecule has 1 amide bonds. The van der Waals surface area contributed by atoms with Crippen LogP contribution in [0.2, 0.25) is 0 Å². The number of methoxy groups -OCH3 is 1. The second kappa shape index (κ2) is 5.66. The van der Waals surface area contributed by atoms with Crippen LogP contribution in [0.5, 0.6) is 5.75 Å². The van der Waals surface area contributed by atoms with Crippen LogP contribution in [0, 0.1) is 0 Å². The van der Waals surface area contributed by atoms with Crippen LogP contribution in [-0.4, -0.2) is 27.2 Å². The van der Waals surface area contributed by atoms with Gasteiger partial charge < -0.3 is 9.47 Å². The molecule has 0 aromatic heterocycles. The van der Waals surface area contributed by atoms with Crippen LogP contribution in [0.4, 0.5) is 14.4 Å². The highest BCUT2D eigenvalue weighted by molar-refractivity contribution is 7.86. The lowest BCUT2D eigenvalue weighted by Gasteiger charge is -2.20. The molecule has 1 aromatic rings. The van der Waals surface area contributed by atoms with Crippen molar-refractivity contribution < 1.29 is 26.6 Å².